The Balaban J connectivity index is 2.80. The molecule has 1 rings (SSSR count). The molecular formula is C6H6ClO3P. The van der Waals surface area contributed by atoms with Gasteiger partial charge in [-0.05, 0) is 12.1 Å². The monoisotopic (exact) mass is 192 g/mol. The Hall–Kier alpha value is -0.530. The van der Waals surface area contributed by atoms with E-state index in [0.717, 1.165) is 0 Å². The van der Waals surface area contributed by atoms with Crippen LogP contribution in [-0.2, 0) is 10.4 Å². The molecule has 1 aromatic rings. The van der Waals surface area contributed by atoms with Gasteiger partial charge in [0.05, 0.1) is 15.3 Å². The third kappa shape index (κ3) is 1.95. The van der Waals surface area contributed by atoms with E-state index in [-0.39, 0.29) is 11.6 Å². The van der Waals surface area contributed by atoms with Gasteiger partial charge in [-0.3, -0.25) is 0 Å². The van der Waals surface area contributed by atoms with Crippen LogP contribution in [0.3, 0.4) is 0 Å². The van der Waals surface area contributed by atoms with Crippen LogP contribution in [-0.4, -0.2) is 5.97 Å². The quantitative estimate of drug-likeness (QED) is 0.531. The molecule has 0 saturated carbocycles. The number of halogens is 1. The van der Waals surface area contributed by atoms with E-state index >= 15 is 0 Å². The van der Waals surface area contributed by atoms with E-state index in [1.54, 1.807) is 6.07 Å². The van der Waals surface area contributed by atoms with Crippen molar-refractivity contribution in [1.82, 2.24) is 0 Å². The normalized spacial score (nSPS) is 9.64. The highest BCUT2D eigenvalue weighted by Gasteiger charge is 2.09. The van der Waals surface area contributed by atoms with Crippen molar-refractivity contribution < 1.29 is 13.7 Å². The molecule has 0 aliphatic carbocycles. The van der Waals surface area contributed by atoms with Gasteiger partial charge in [-0.25, -0.2) is 4.79 Å². The van der Waals surface area contributed by atoms with Crippen molar-refractivity contribution in [3.05, 3.63) is 23.7 Å². The lowest BCUT2D eigenvalue weighted by molar-refractivity contribution is 0.0731. The van der Waals surface area contributed by atoms with E-state index in [0.29, 0.717) is 5.76 Å². The van der Waals surface area contributed by atoms with Crippen LogP contribution in [0, 0.1) is 0 Å². The van der Waals surface area contributed by atoms with Gasteiger partial charge in [0.25, 0.3) is 0 Å². The summed E-state index contributed by atoms with van der Waals surface area (Å²) >= 11 is 5.44. The van der Waals surface area contributed by atoms with Gasteiger partial charge in [0, 0.05) is 0 Å². The standard InChI is InChI=1S/C6H6ClO3P/c7-3-4-1-2-5(9-4)6(8)10-11/h1-2H,3,11H2. The summed E-state index contributed by atoms with van der Waals surface area (Å²) in [5.41, 5.74) is 0. The van der Waals surface area contributed by atoms with Crippen LogP contribution in [0.15, 0.2) is 16.5 Å². The van der Waals surface area contributed by atoms with Gasteiger partial charge in [-0.1, -0.05) is 0 Å². The zero-order valence-electron chi connectivity index (χ0n) is 5.54. The molecule has 1 aromatic heterocycles. The summed E-state index contributed by atoms with van der Waals surface area (Å²) < 4.78 is 9.30. The summed E-state index contributed by atoms with van der Waals surface area (Å²) in [6.45, 7) is 0. The first kappa shape index (κ1) is 8.57. The predicted molar refractivity (Wildman–Crippen MR) is 43.4 cm³/mol. The van der Waals surface area contributed by atoms with Crippen LogP contribution in [0.2, 0.25) is 0 Å². The Morgan fingerprint density at radius 1 is 1.73 bits per heavy atom. The van der Waals surface area contributed by atoms with E-state index in [1.807, 2.05) is 9.47 Å². The molecule has 0 saturated heterocycles. The largest absolute Gasteiger partial charge is 0.453 e. The molecule has 0 aromatic carbocycles. The molecule has 1 heterocycles. The van der Waals surface area contributed by atoms with Crippen LogP contribution in [0.4, 0.5) is 0 Å². The molecule has 0 aliphatic rings. The van der Waals surface area contributed by atoms with Crippen LogP contribution >= 0.6 is 21.1 Å². The third-order valence-electron chi connectivity index (χ3n) is 1.10. The van der Waals surface area contributed by atoms with Crippen LogP contribution in [0.1, 0.15) is 16.3 Å². The van der Waals surface area contributed by atoms with Crippen molar-refractivity contribution >= 4 is 27.0 Å². The van der Waals surface area contributed by atoms with E-state index < -0.39 is 5.97 Å². The predicted octanol–water partition coefficient (Wildman–Crippen LogP) is 1.97. The summed E-state index contributed by atoms with van der Waals surface area (Å²) in [5, 5.41) is 0. The molecule has 0 bridgehead atoms. The molecule has 5 heteroatoms. The number of hydrogen-bond acceptors (Lipinski definition) is 3. The molecule has 3 nitrogen and oxygen atoms in total. The molecule has 0 aliphatic heterocycles. The van der Waals surface area contributed by atoms with E-state index in [9.17, 15) is 4.79 Å². The highest BCUT2D eigenvalue weighted by atomic mass is 35.5. The van der Waals surface area contributed by atoms with E-state index in [4.69, 9.17) is 16.0 Å². The Morgan fingerprint density at radius 2 is 2.45 bits per heavy atom. The fraction of sp³-hybridized carbons (Fsp3) is 0.167. The lowest BCUT2D eigenvalue weighted by Crippen LogP contribution is -1.93. The van der Waals surface area contributed by atoms with Crippen molar-refractivity contribution in [3.63, 3.8) is 0 Å². The van der Waals surface area contributed by atoms with Gasteiger partial charge in [-0.2, -0.15) is 0 Å². The number of alkyl halides is 1. The lowest BCUT2D eigenvalue weighted by Gasteiger charge is -1.91. The van der Waals surface area contributed by atoms with Gasteiger partial charge in [0.1, 0.15) is 5.76 Å². The van der Waals surface area contributed by atoms with E-state index in [1.165, 1.54) is 6.07 Å². The molecule has 0 spiro atoms. The molecule has 0 radical (unpaired) electrons. The van der Waals surface area contributed by atoms with Gasteiger partial charge in [0.15, 0.2) is 0 Å². The first-order valence-corrected chi connectivity index (χ1v) is 3.84. The molecule has 0 fully saturated rings. The number of carbonyl (C=O) groups excluding carboxylic acids is 1. The SMILES string of the molecule is O=C(OP)c1ccc(CCl)o1. The maximum Gasteiger partial charge on any atom is 0.376 e. The second-order valence-corrected chi connectivity index (χ2v) is 2.31. The number of furan rings is 1. The summed E-state index contributed by atoms with van der Waals surface area (Å²) in [6, 6.07) is 3.15. The maximum atomic E-state index is 10.8. The Kier molecular flexibility index (Phi) is 2.92. The number of rotatable bonds is 2. The summed E-state index contributed by atoms with van der Waals surface area (Å²) in [6.07, 6.45) is 0. The lowest BCUT2D eigenvalue weighted by atomic mass is 10.4. The minimum Gasteiger partial charge on any atom is -0.453 e. The minimum absolute atomic E-state index is 0.163. The second-order valence-electron chi connectivity index (χ2n) is 1.80. The topological polar surface area (TPSA) is 39.4 Å². The molecule has 1 unspecified atom stereocenters. The average Bonchev–Trinajstić information content (AvgIpc) is 2.50. The molecular weight excluding hydrogens is 186 g/mol. The second kappa shape index (κ2) is 3.74. The van der Waals surface area contributed by atoms with Crippen molar-refractivity contribution in [2.45, 2.75) is 5.88 Å². The van der Waals surface area contributed by atoms with Crippen LogP contribution in [0.5, 0.6) is 0 Å². The highest BCUT2D eigenvalue weighted by Crippen LogP contribution is 2.11. The molecule has 60 valence electrons. The number of carbonyl (C=O) groups is 1. The van der Waals surface area contributed by atoms with Crippen molar-refractivity contribution in [2.24, 2.45) is 0 Å². The highest BCUT2D eigenvalue weighted by molar-refractivity contribution is 7.10. The zero-order chi connectivity index (χ0) is 8.27. The van der Waals surface area contributed by atoms with Gasteiger partial charge in [0.2, 0.25) is 5.76 Å². The Bertz CT molecular complexity index is 258. The van der Waals surface area contributed by atoms with E-state index in [2.05, 4.69) is 4.52 Å². The first-order valence-electron chi connectivity index (χ1n) is 2.83. The molecule has 0 amide bonds. The molecule has 0 N–H and O–H groups in total. The van der Waals surface area contributed by atoms with Gasteiger partial charge in [-0.15, -0.1) is 11.6 Å². The molecule has 1 atom stereocenters. The Labute approximate surface area is 71.0 Å². The van der Waals surface area contributed by atoms with Crippen molar-refractivity contribution in [3.8, 4) is 0 Å². The molecule has 11 heavy (non-hydrogen) atoms. The van der Waals surface area contributed by atoms with Crippen molar-refractivity contribution in [1.29, 1.82) is 0 Å². The summed E-state index contributed by atoms with van der Waals surface area (Å²) in [4.78, 5) is 10.8. The van der Waals surface area contributed by atoms with Crippen LogP contribution < -0.4 is 0 Å². The third-order valence-corrected chi connectivity index (χ3v) is 1.58. The minimum atomic E-state index is -0.522. The van der Waals surface area contributed by atoms with Crippen LogP contribution in [0.25, 0.3) is 0 Å². The fourth-order valence-corrected chi connectivity index (χ4v) is 0.877. The maximum absolute atomic E-state index is 10.8. The zero-order valence-corrected chi connectivity index (χ0v) is 7.45. The summed E-state index contributed by atoms with van der Waals surface area (Å²) in [7, 11) is 1.85. The van der Waals surface area contributed by atoms with Crippen molar-refractivity contribution in [2.75, 3.05) is 0 Å². The fourth-order valence-electron chi connectivity index (χ4n) is 0.618. The van der Waals surface area contributed by atoms with Gasteiger partial charge < -0.3 is 8.94 Å². The van der Waals surface area contributed by atoms with Gasteiger partial charge >= 0.3 is 5.97 Å². The first-order chi connectivity index (χ1) is 5.27. The smallest absolute Gasteiger partial charge is 0.376 e. The number of hydrogen-bond donors (Lipinski definition) is 0. The average molecular weight is 193 g/mol. The summed E-state index contributed by atoms with van der Waals surface area (Å²) in [5.74, 6) is 0.448. The Morgan fingerprint density at radius 3 is 2.91 bits per heavy atom.